The zero-order valence-corrected chi connectivity index (χ0v) is 12.1. The van der Waals surface area contributed by atoms with Crippen LogP contribution in [0, 0.1) is 5.92 Å². The molecule has 1 fully saturated rings. The number of nitrogens with one attached hydrogen (secondary N) is 1. The number of likely N-dealkylation sites (tertiary alicyclic amines) is 1. The van der Waals surface area contributed by atoms with Gasteiger partial charge in [0.05, 0.1) is 0 Å². The van der Waals surface area contributed by atoms with Gasteiger partial charge in [-0.15, -0.1) is 0 Å². The van der Waals surface area contributed by atoms with Crippen LogP contribution in [0.5, 0.6) is 5.75 Å². The smallest absolute Gasteiger partial charge is 0.115 e. The standard InChI is InChI=1S/C16H26N2O/c1-13(2)16(18-8-3-4-9-18)12-17-11-14-6-5-7-15(19)10-14/h5-7,10,13,16-17,19H,3-4,8-9,11-12H2,1-2H3. The van der Waals surface area contributed by atoms with E-state index in [1.807, 2.05) is 18.2 Å². The minimum Gasteiger partial charge on any atom is -0.508 e. The van der Waals surface area contributed by atoms with E-state index in [2.05, 4.69) is 24.1 Å². The van der Waals surface area contributed by atoms with Crippen molar-refractivity contribution in [2.24, 2.45) is 5.92 Å². The lowest BCUT2D eigenvalue weighted by Gasteiger charge is -2.31. The van der Waals surface area contributed by atoms with Crippen molar-refractivity contribution in [2.45, 2.75) is 39.3 Å². The fourth-order valence-corrected chi connectivity index (χ4v) is 2.89. The summed E-state index contributed by atoms with van der Waals surface area (Å²) in [6.07, 6.45) is 2.69. The second-order valence-corrected chi connectivity index (χ2v) is 5.86. The summed E-state index contributed by atoms with van der Waals surface area (Å²) in [4.78, 5) is 2.61. The first kappa shape index (κ1) is 14.4. The van der Waals surface area contributed by atoms with Gasteiger partial charge in [-0.25, -0.2) is 0 Å². The van der Waals surface area contributed by atoms with Crippen molar-refractivity contribution in [3.05, 3.63) is 29.8 Å². The first-order chi connectivity index (χ1) is 9.16. The van der Waals surface area contributed by atoms with E-state index in [1.54, 1.807) is 6.07 Å². The summed E-state index contributed by atoms with van der Waals surface area (Å²) < 4.78 is 0. The van der Waals surface area contributed by atoms with E-state index < -0.39 is 0 Å². The summed E-state index contributed by atoms with van der Waals surface area (Å²) in [5.41, 5.74) is 1.14. The third-order valence-electron chi connectivity index (χ3n) is 3.97. The largest absolute Gasteiger partial charge is 0.508 e. The molecule has 1 heterocycles. The van der Waals surface area contributed by atoms with Gasteiger partial charge in [-0.1, -0.05) is 26.0 Å². The van der Waals surface area contributed by atoms with Crippen molar-refractivity contribution < 1.29 is 5.11 Å². The van der Waals surface area contributed by atoms with Gasteiger partial charge in [0, 0.05) is 19.1 Å². The summed E-state index contributed by atoms with van der Waals surface area (Å²) in [5, 5.41) is 13.0. The highest BCUT2D eigenvalue weighted by Crippen LogP contribution is 2.17. The maximum Gasteiger partial charge on any atom is 0.115 e. The Labute approximate surface area is 116 Å². The zero-order chi connectivity index (χ0) is 13.7. The molecule has 3 nitrogen and oxygen atoms in total. The lowest BCUT2D eigenvalue weighted by Crippen LogP contribution is -2.44. The van der Waals surface area contributed by atoms with Crippen LogP contribution >= 0.6 is 0 Å². The first-order valence-electron chi connectivity index (χ1n) is 7.39. The van der Waals surface area contributed by atoms with Gasteiger partial charge in [0.1, 0.15) is 5.75 Å². The first-order valence-corrected chi connectivity index (χ1v) is 7.39. The fourth-order valence-electron chi connectivity index (χ4n) is 2.89. The maximum atomic E-state index is 9.45. The average molecular weight is 262 g/mol. The fraction of sp³-hybridized carbons (Fsp3) is 0.625. The molecule has 2 rings (SSSR count). The molecule has 0 aliphatic carbocycles. The van der Waals surface area contributed by atoms with E-state index >= 15 is 0 Å². The van der Waals surface area contributed by atoms with Gasteiger partial charge in [0.25, 0.3) is 0 Å². The van der Waals surface area contributed by atoms with Crippen LogP contribution in [0.25, 0.3) is 0 Å². The SMILES string of the molecule is CC(C)C(CNCc1cccc(O)c1)N1CCCC1. The van der Waals surface area contributed by atoms with Crippen molar-refractivity contribution in [1.82, 2.24) is 10.2 Å². The molecule has 19 heavy (non-hydrogen) atoms. The van der Waals surface area contributed by atoms with Crippen LogP contribution in [-0.4, -0.2) is 35.7 Å². The van der Waals surface area contributed by atoms with Gasteiger partial charge in [-0.05, 0) is 49.5 Å². The topological polar surface area (TPSA) is 35.5 Å². The van der Waals surface area contributed by atoms with Crippen molar-refractivity contribution in [1.29, 1.82) is 0 Å². The van der Waals surface area contributed by atoms with E-state index in [9.17, 15) is 5.11 Å². The number of rotatable bonds is 6. The Balaban J connectivity index is 1.82. The maximum absolute atomic E-state index is 9.45. The molecule has 106 valence electrons. The zero-order valence-electron chi connectivity index (χ0n) is 12.1. The molecule has 0 spiro atoms. The molecule has 0 radical (unpaired) electrons. The van der Waals surface area contributed by atoms with E-state index in [-0.39, 0.29) is 0 Å². The molecule has 1 aromatic rings. The van der Waals surface area contributed by atoms with Crippen molar-refractivity contribution in [3.63, 3.8) is 0 Å². The summed E-state index contributed by atoms with van der Waals surface area (Å²) >= 11 is 0. The van der Waals surface area contributed by atoms with E-state index in [1.165, 1.54) is 25.9 Å². The predicted octanol–water partition coefficient (Wildman–Crippen LogP) is 2.60. The number of phenolic OH excluding ortho intramolecular Hbond substituents is 1. The highest BCUT2D eigenvalue weighted by Gasteiger charge is 2.23. The van der Waals surface area contributed by atoms with Crippen molar-refractivity contribution >= 4 is 0 Å². The normalized spacial score (nSPS) is 18.1. The van der Waals surface area contributed by atoms with Gasteiger partial charge in [-0.2, -0.15) is 0 Å². The molecule has 1 aromatic carbocycles. The number of phenols is 1. The van der Waals surface area contributed by atoms with Crippen LogP contribution in [0.1, 0.15) is 32.3 Å². The summed E-state index contributed by atoms with van der Waals surface area (Å²) in [6.45, 7) is 8.95. The van der Waals surface area contributed by atoms with E-state index in [0.717, 1.165) is 18.7 Å². The third kappa shape index (κ3) is 4.22. The highest BCUT2D eigenvalue weighted by atomic mass is 16.3. The molecule has 1 aliphatic heterocycles. The molecule has 1 atom stereocenters. The third-order valence-corrected chi connectivity index (χ3v) is 3.97. The van der Waals surface area contributed by atoms with E-state index in [0.29, 0.717) is 17.7 Å². The summed E-state index contributed by atoms with van der Waals surface area (Å²) in [6, 6.07) is 8.11. The van der Waals surface area contributed by atoms with Crippen molar-refractivity contribution in [2.75, 3.05) is 19.6 Å². The Hall–Kier alpha value is -1.06. The van der Waals surface area contributed by atoms with Gasteiger partial charge in [-0.3, -0.25) is 4.90 Å². The molecule has 1 aliphatic rings. The molecule has 1 unspecified atom stereocenters. The van der Waals surface area contributed by atoms with Gasteiger partial charge >= 0.3 is 0 Å². The monoisotopic (exact) mass is 262 g/mol. The Morgan fingerprint density at radius 3 is 2.63 bits per heavy atom. The second kappa shape index (κ2) is 6.92. The minimum atomic E-state index is 0.347. The molecule has 0 bridgehead atoms. The Morgan fingerprint density at radius 2 is 2.00 bits per heavy atom. The highest BCUT2D eigenvalue weighted by molar-refractivity contribution is 5.26. The number of hydrogen-bond donors (Lipinski definition) is 2. The molecule has 0 saturated carbocycles. The minimum absolute atomic E-state index is 0.347. The predicted molar refractivity (Wildman–Crippen MR) is 79.2 cm³/mol. The van der Waals surface area contributed by atoms with Gasteiger partial charge in [0.15, 0.2) is 0 Å². The average Bonchev–Trinajstić information content (AvgIpc) is 2.88. The number of aromatic hydroxyl groups is 1. The Kier molecular flexibility index (Phi) is 5.23. The molecule has 1 saturated heterocycles. The second-order valence-electron chi connectivity index (χ2n) is 5.86. The van der Waals surface area contributed by atoms with Gasteiger partial charge < -0.3 is 10.4 Å². The van der Waals surface area contributed by atoms with E-state index in [4.69, 9.17) is 0 Å². The molecule has 3 heteroatoms. The summed E-state index contributed by atoms with van der Waals surface area (Å²) in [7, 11) is 0. The molecular weight excluding hydrogens is 236 g/mol. The Morgan fingerprint density at radius 1 is 1.26 bits per heavy atom. The molecular formula is C16H26N2O. The van der Waals surface area contributed by atoms with Crippen LogP contribution < -0.4 is 5.32 Å². The number of hydrogen-bond acceptors (Lipinski definition) is 3. The molecule has 0 amide bonds. The number of benzene rings is 1. The Bertz CT molecular complexity index is 386. The number of nitrogens with zero attached hydrogens (tertiary/aromatic N) is 1. The van der Waals surface area contributed by atoms with Gasteiger partial charge in [0.2, 0.25) is 0 Å². The quantitative estimate of drug-likeness (QED) is 0.827. The van der Waals surface area contributed by atoms with Crippen LogP contribution in [0.3, 0.4) is 0 Å². The van der Waals surface area contributed by atoms with Crippen LogP contribution in [0.15, 0.2) is 24.3 Å². The molecule has 2 N–H and O–H groups in total. The van der Waals surface area contributed by atoms with Crippen LogP contribution in [-0.2, 0) is 6.54 Å². The van der Waals surface area contributed by atoms with Crippen LogP contribution in [0.4, 0.5) is 0 Å². The van der Waals surface area contributed by atoms with Crippen molar-refractivity contribution in [3.8, 4) is 5.75 Å². The summed E-state index contributed by atoms with van der Waals surface area (Å²) in [5.74, 6) is 1.02. The lowest BCUT2D eigenvalue weighted by atomic mass is 10.0. The lowest BCUT2D eigenvalue weighted by molar-refractivity contribution is 0.186. The molecule has 0 aromatic heterocycles. The van der Waals surface area contributed by atoms with Crippen LogP contribution in [0.2, 0.25) is 0 Å².